The van der Waals surface area contributed by atoms with Crippen LogP contribution in [0.4, 0.5) is 0 Å². The predicted octanol–water partition coefficient (Wildman–Crippen LogP) is -0.259. The summed E-state index contributed by atoms with van der Waals surface area (Å²) in [5.74, 6) is -0.738. The van der Waals surface area contributed by atoms with Crippen molar-refractivity contribution < 1.29 is 18.3 Å². The molecule has 0 aromatic heterocycles. The summed E-state index contributed by atoms with van der Waals surface area (Å²) in [6.45, 7) is 0. The summed E-state index contributed by atoms with van der Waals surface area (Å²) in [6, 6.07) is 3.29. The van der Waals surface area contributed by atoms with Crippen molar-refractivity contribution in [1.29, 1.82) is 0 Å². The molecule has 0 radical (unpaired) electrons. The lowest BCUT2D eigenvalue weighted by atomic mass is 10.2. The van der Waals surface area contributed by atoms with Crippen molar-refractivity contribution in [3.63, 3.8) is 0 Å². The number of phenolic OH excluding ortho intramolecular Hbond substituents is 1. The third-order valence-electron chi connectivity index (χ3n) is 1.87. The van der Waals surface area contributed by atoms with E-state index in [2.05, 4.69) is 0 Å². The molecule has 6 nitrogen and oxygen atoms in total. The van der Waals surface area contributed by atoms with Gasteiger partial charge >= 0.3 is 0 Å². The monoisotopic (exact) mass is 244 g/mol. The molecule has 1 amide bonds. The summed E-state index contributed by atoms with van der Waals surface area (Å²) in [4.78, 5) is 12.5. The second-order valence-electron chi connectivity index (χ2n) is 3.46. The van der Waals surface area contributed by atoms with Crippen molar-refractivity contribution >= 4 is 15.9 Å². The van der Waals surface area contributed by atoms with Gasteiger partial charge < -0.3 is 10.0 Å². The first-order valence-corrected chi connectivity index (χ1v) is 5.85. The number of hydrogen-bond acceptors (Lipinski definition) is 4. The van der Waals surface area contributed by atoms with Crippen LogP contribution < -0.4 is 5.14 Å². The van der Waals surface area contributed by atoms with E-state index in [0.717, 1.165) is 12.1 Å². The Balaban J connectivity index is 3.35. The minimum atomic E-state index is -3.94. The molecule has 0 unspecified atom stereocenters. The van der Waals surface area contributed by atoms with E-state index in [4.69, 9.17) is 5.14 Å². The summed E-state index contributed by atoms with van der Waals surface area (Å²) < 4.78 is 22.1. The first-order valence-electron chi connectivity index (χ1n) is 4.30. The van der Waals surface area contributed by atoms with Gasteiger partial charge in [0.15, 0.2) is 0 Å². The van der Waals surface area contributed by atoms with E-state index in [9.17, 15) is 18.3 Å². The predicted molar refractivity (Wildman–Crippen MR) is 57.5 cm³/mol. The Kier molecular flexibility index (Phi) is 3.20. The molecule has 0 spiro atoms. The normalized spacial score (nSPS) is 11.2. The summed E-state index contributed by atoms with van der Waals surface area (Å²) in [7, 11) is -0.904. The second-order valence-corrected chi connectivity index (χ2v) is 5.02. The molecule has 0 saturated carbocycles. The molecule has 1 aromatic rings. The fourth-order valence-electron chi connectivity index (χ4n) is 1.13. The van der Waals surface area contributed by atoms with Crippen molar-refractivity contribution in [3.05, 3.63) is 23.8 Å². The molecule has 88 valence electrons. The Morgan fingerprint density at radius 2 is 1.88 bits per heavy atom. The van der Waals surface area contributed by atoms with Gasteiger partial charge in [-0.05, 0) is 18.2 Å². The van der Waals surface area contributed by atoms with Crippen molar-refractivity contribution in [2.45, 2.75) is 4.90 Å². The Labute approximate surface area is 93.3 Å². The summed E-state index contributed by atoms with van der Waals surface area (Å²) in [6.07, 6.45) is 0. The van der Waals surface area contributed by atoms with Gasteiger partial charge in [-0.2, -0.15) is 0 Å². The maximum Gasteiger partial charge on any atom is 0.253 e. The van der Waals surface area contributed by atoms with Crippen LogP contribution in [0, 0.1) is 0 Å². The fourth-order valence-corrected chi connectivity index (χ4v) is 1.71. The van der Waals surface area contributed by atoms with Crippen molar-refractivity contribution in [3.8, 4) is 5.75 Å². The van der Waals surface area contributed by atoms with Crippen LogP contribution in [0.15, 0.2) is 23.1 Å². The standard InChI is InChI=1S/C9H12N2O4S/c1-11(2)9(13)6-3-7(12)5-8(4-6)16(10,14)15/h3-5,12H,1-2H3,(H2,10,14,15). The number of aromatic hydroxyl groups is 1. The fraction of sp³-hybridized carbons (Fsp3) is 0.222. The average Bonchev–Trinajstić information content (AvgIpc) is 2.14. The van der Waals surface area contributed by atoms with E-state index < -0.39 is 15.9 Å². The largest absolute Gasteiger partial charge is 0.508 e. The Hall–Kier alpha value is -1.60. The minimum Gasteiger partial charge on any atom is -0.508 e. The highest BCUT2D eigenvalue weighted by molar-refractivity contribution is 7.89. The van der Waals surface area contributed by atoms with Gasteiger partial charge in [-0.15, -0.1) is 0 Å². The van der Waals surface area contributed by atoms with Crippen LogP contribution in [0.3, 0.4) is 0 Å². The molecule has 0 bridgehead atoms. The highest BCUT2D eigenvalue weighted by Crippen LogP contribution is 2.19. The van der Waals surface area contributed by atoms with Gasteiger partial charge in [0, 0.05) is 19.7 Å². The third-order valence-corrected chi connectivity index (χ3v) is 2.77. The lowest BCUT2D eigenvalue weighted by molar-refractivity contribution is 0.0827. The van der Waals surface area contributed by atoms with Crippen LogP contribution in [0.25, 0.3) is 0 Å². The van der Waals surface area contributed by atoms with E-state index in [1.165, 1.54) is 25.1 Å². The number of hydrogen-bond donors (Lipinski definition) is 2. The minimum absolute atomic E-state index is 0.0639. The SMILES string of the molecule is CN(C)C(=O)c1cc(O)cc(S(N)(=O)=O)c1. The smallest absolute Gasteiger partial charge is 0.253 e. The van der Waals surface area contributed by atoms with Gasteiger partial charge in [0.25, 0.3) is 5.91 Å². The zero-order valence-corrected chi connectivity index (χ0v) is 9.65. The third kappa shape index (κ3) is 2.71. The number of amides is 1. The number of carbonyl (C=O) groups is 1. The van der Waals surface area contributed by atoms with Gasteiger partial charge in [-0.25, -0.2) is 13.6 Å². The van der Waals surface area contributed by atoms with Crippen LogP contribution in [-0.4, -0.2) is 38.4 Å². The van der Waals surface area contributed by atoms with Crippen LogP contribution in [0.1, 0.15) is 10.4 Å². The molecule has 0 aliphatic heterocycles. The Morgan fingerprint density at radius 1 is 1.31 bits per heavy atom. The molecule has 0 aliphatic carbocycles. The van der Waals surface area contributed by atoms with E-state index in [-0.39, 0.29) is 16.2 Å². The summed E-state index contributed by atoms with van der Waals surface area (Å²) >= 11 is 0. The summed E-state index contributed by atoms with van der Waals surface area (Å²) in [5, 5.41) is 14.2. The first kappa shape index (κ1) is 12.5. The van der Waals surface area contributed by atoms with Crippen LogP contribution in [-0.2, 0) is 10.0 Å². The first-order chi connectivity index (χ1) is 7.21. The number of nitrogens with two attached hydrogens (primary N) is 1. The molecule has 0 saturated heterocycles. The number of sulfonamides is 1. The van der Waals surface area contributed by atoms with E-state index in [1.807, 2.05) is 0 Å². The van der Waals surface area contributed by atoms with E-state index in [1.54, 1.807) is 0 Å². The molecule has 1 aromatic carbocycles. The Bertz CT molecular complexity index is 522. The number of benzene rings is 1. The van der Waals surface area contributed by atoms with Crippen LogP contribution in [0.2, 0.25) is 0 Å². The zero-order chi connectivity index (χ0) is 12.5. The van der Waals surface area contributed by atoms with Gasteiger partial charge in [0.05, 0.1) is 4.90 Å². The molecule has 0 fully saturated rings. The van der Waals surface area contributed by atoms with Gasteiger partial charge in [-0.3, -0.25) is 4.79 Å². The second kappa shape index (κ2) is 4.11. The van der Waals surface area contributed by atoms with Gasteiger partial charge in [0.2, 0.25) is 10.0 Å². The molecule has 1 rings (SSSR count). The van der Waals surface area contributed by atoms with Crippen LogP contribution in [0.5, 0.6) is 5.75 Å². The van der Waals surface area contributed by atoms with E-state index in [0.29, 0.717) is 0 Å². The van der Waals surface area contributed by atoms with E-state index >= 15 is 0 Å². The lowest BCUT2D eigenvalue weighted by Gasteiger charge is -2.11. The summed E-state index contributed by atoms with van der Waals surface area (Å²) in [5.41, 5.74) is 0.0639. The average molecular weight is 244 g/mol. The van der Waals surface area contributed by atoms with Gasteiger partial charge in [0.1, 0.15) is 5.75 Å². The number of rotatable bonds is 2. The molecule has 3 N–H and O–H groups in total. The zero-order valence-electron chi connectivity index (χ0n) is 8.84. The Morgan fingerprint density at radius 3 is 2.31 bits per heavy atom. The number of phenols is 1. The number of primary sulfonamides is 1. The molecule has 7 heteroatoms. The maximum absolute atomic E-state index is 11.6. The van der Waals surface area contributed by atoms with Crippen molar-refractivity contribution in [2.24, 2.45) is 5.14 Å². The molecule has 0 aliphatic rings. The molecule has 0 atom stereocenters. The van der Waals surface area contributed by atoms with Crippen molar-refractivity contribution in [2.75, 3.05) is 14.1 Å². The number of carbonyl (C=O) groups excluding carboxylic acids is 1. The quantitative estimate of drug-likeness (QED) is 0.748. The highest BCUT2D eigenvalue weighted by atomic mass is 32.2. The van der Waals surface area contributed by atoms with Crippen molar-refractivity contribution in [1.82, 2.24) is 4.90 Å². The lowest BCUT2D eigenvalue weighted by Crippen LogP contribution is -2.22. The van der Waals surface area contributed by atoms with Gasteiger partial charge in [-0.1, -0.05) is 0 Å². The van der Waals surface area contributed by atoms with Crippen LogP contribution >= 0.6 is 0 Å². The topological polar surface area (TPSA) is 101 Å². The molecule has 0 heterocycles. The molecule has 16 heavy (non-hydrogen) atoms. The molecular weight excluding hydrogens is 232 g/mol. The molecular formula is C9H12N2O4S. The number of nitrogens with zero attached hydrogens (tertiary/aromatic N) is 1. The maximum atomic E-state index is 11.6. The highest BCUT2D eigenvalue weighted by Gasteiger charge is 2.15.